The standard InChI is InChI=1S/C18H19F3N4O/c1-10-8-15-16(17(26)23-10)12(3)24-25(15)11(2)9-22-14-6-4-13(5-7-14)18(19,20)21/h4-8,11,22H,9H2,1-3H3,(H,23,26). The van der Waals surface area contributed by atoms with E-state index in [4.69, 9.17) is 0 Å². The number of halogens is 3. The third kappa shape index (κ3) is 3.44. The second-order valence-corrected chi connectivity index (χ2v) is 6.38. The summed E-state index contributed by atoms with van der Waals surface area (Å²) < 4.78 is 39.6. The van der Waals surface area contributed by atoms with Crippen LogP contribution in [-0.4, -0.2) is 21.3 Å². The Morgan fingerprint density at radius 1 is 1.23 bits per heavy atom. The van der Waals surface area contributed by atoms with E-state index in [0.29, 0.717) is 23.3 Å². The van der Waals surface area contributed by atoms with Crippen LogP contribution in [0.1, 0.15) is 29.9 Å². The lowest BCUT2D eigenvalue weighted by Crippen LogP contribution is -2.18. The van der Waals surface area contributed by atoms with E-state index >= 15 is 0 Å². The highest BCUT2D eigenvalue weighted by Gasteiger charge is 2.29. The van der Waals surface area contributed by atoms with E-state index in [1.54, 1.807) is 18.5 Å². The molecule has 26 heavy (non-hydrogen) atoms. The SMILES string of the molecule is Cc1cc2c(c(C)nn2C(C)CNc2ccc(C(F)(F)F)cc2)c(=O)[nH]1. The average molecular weight is 364 g/mol. The Kier molecular flexibility index (Phi) is 4.52. The van der Waals surface area contributed by atoms with Gasteiger partial charge in [-0.05, 0) is 51.1 Å². The number of pyridine rings is 1. The first-order valence-corrected chi connectivity index (χ1v) is 8.16. The fourth-order valence-electron chi connectivity index (χ4n) is 2.93. The van der Waals surface area contributed by atoms with Crippen molar-refractivity contribution in [1.82, 2.24) is 14.8 Å². The molecule has 0 saturated carbocycles. The fraction of sp³-hybridized carbons (Fsp3) is 0.333. The predicted octanol–water partition coefficient (Wildman–Crippen LogP) is 4.03. The average Bonchev–Trinajstić information content (AvgIpc) is 2.89. The van der Waals surface area contributed by atoms with Gasteiger partial charge in [0.15, 0.2) is 0 Å². The van der Waals surface area contributed by atoms with Gasteiger partial charge in [-0.3, -0.25) is 9.48 Å². The lowest BCUT2D eigenvalue weighted by Gasteiger charge is -2.16. The summed E-state index contributed by atoms with van der Waals surface area (Å²) in [5, 5.41) is 8.12. The van der Waals surface area contributed by atoms with E-state index in [2.05, 4.69) is 15.4 Å². The van der Waals surface area contributed by atoms with Crippen molar-refractivity contribution < 1.29 is 13.2 Å². The normalized spacial score (nSPS) is 13.2. The van der Waals surface area contributed by atoms with Gasteiger partial charge in [-0.1, -0.05) is 0 Å². The molecule has 138 valence electrons. The van der Waals surface area contributed by atoms with E-state index in [1.165, 1.54) is 12.1 Å². The van der Waals surface area contributed by atoms with Crippen LogP contribution in [0.2, 0.25) is 0 Å². The second kappa shape index (κ2) is 6.51. The smallest absolute Gasteiger partial charge is 0.383 e. The Bertz CT molecular complexity index is 987. The Morgan fingerprint density at radius 3 is 2.50 bits per heavy atom. The molecule has 0 saturated heterocycles. The van der Waals surface area contributed by atoms with Gasteiger partial charge in [0.2, 0.25) is 0 Å². The zero-order valence-electron chi connectivity index (χ0n) is 14.6. The zero-order chi connectivity index (χ0) is 19.1. The molecule has 2 heterocycles. The number of rotatable bonds is 4. The van der Waals surface area contributed by atoms with Crippen LogP contribution in [0, 0.1) is 13.8 Å². The van der Waals surface area contributed by atoms with Crippen LogP contribution in [0.5, 0.6) is 0 Å². The second-order valence-electron chi connectivity index (χ2n) is 6.38. The molecule has 1 atom stereocenters. The van der Waals surface area contributed by atoms with Crippen molar-refractivity contribution in [3.63, 3.8) is 0 Å². The summed E-state index contributed by atoms with van der Waals surface area (Å²) in [4.78, 5) is 14.9. The summed E-state index contributed by atoms with van der Waals surface area (Å²) >= 11 is 0. The van der Waals surface area contributed by atoms with Crippen molar-refractivity contribution in [3.05, 3.63) is 57.6 Å². The molecule has 1 unspecified atom stereocenters. The molecule has 3 rings (SSSR count). The summed E-state index contributed by atoms with van der Waals surface area (Å²) in [5.74, 6) is 0. The molecule has 0 aliphatic carbocycles. The van der Waals surface area contributed by atoms with Gasteiger partial charge in [0, 0.05) is 17.9 Å². The van der Waals surface area contributed by atoms with Crippen LogP contribution in [-0.2, 0) is 6.18 Å². The van der Waals surface area contributed by atoms with Crippen LogP contribution >= 0.6 is 0 Å². The summed E-state index contributed by atoms with van der Waals surface area (Å²) in [6.45, 7) is 5.96. The van der Waals surface area contributed by atoms with E-state index in [-0.39, 0.29) is 11.6 Å². The number of alkyl halides is 3. The molecule has 2 N–H and O–H groups in total. The van der Waals surface area contributed by atoms with Crippen molar-refractivity contribution in [1.29, 1.82) is 0 Å². The summed E-state index contributed by atoms with van der Waals surface area (Å²) in [5.41, 5.74) is 1.86. The van der Waals surface area contributed by atoms with Gasteiger partial charge in [-0.15, -0.1) is 0 Å². The molecule has 0 fully saturated rings. The number of nitrogens with zero attached hydrogens (tertiary/aromatic N) is 2. The van der Waals surface area contributed by atoms with Crippen LogP contribution in [0.3, 0.4) is 0 Å². The molecule has 0 radical (unpaired) electrons. The monoisotopic (exact) mass is 364 g/mol. The Morgan fingerprint density at radius 2 is 1.88 bits per heavy atom. The molecule has 0 spiro atoms. The minimum atomic E-state index is -4.35. The molecule has 8 heteroatoms. The molecule has 0 aliphatic heterocycles. The van der Waals surface area contributed by atoms with Gasteiger partial charge in [-0.25, -0.2) is 0 Å². The van der Waals surface area contributed by atoms with Crippen molar-refractivity contribution in [3.8, 4) is 0 Å². The Hall–Kier alpha value is -2.77. The Balaban J connectivity index is 1.80. The first-order valence-electron chi connectivity index (χ1n) is 8.16. The first kappa shape index (κ1) is 18.0. The molecule has 0 aliphatic rings. The number of aryl methyl sites for hydroxylation is 2. The maximum Gasteiger partial charge on any atom is 0.416 e. The number of fused-ring (bicyclic) bond motifs is 1. The highest BCUT2D eigenvalue weighted by Crippen LogP contribution is 2.30. The number of aromatic nitrogens is 3. The van der Waals surface area contributed by atoms with Crippen molar-refractivity contribution in [2.75, 3.05) is 11.9 Å². The first-order chi connectivity index (χ1) is 12.2. The number of nitrogens with one attached hydrogen (secondary N) is 2. The number of H-pyrrole nitrogens is 1. The zero-order valence-corrected chi connectivity index (χ0v) is 14.6. The summed E-state index contributed by atoms with van der Waals surface area (Å²) in [6.07, 6.45) is -4.35. The van der Waals surface area contributed by atoms with Crippen LogP contribution in [0.25, 0.3) is 10.9 Å². The van der Waals surface area contributed by atoms with Gasteiger partial charge in [0.05, 0.1) is 28.2 Å². The van der Waals surface area contributed by atoms with E-state index in [1.807, 2.05) is 13.0 Å². The maximum atomic E-state index is 12.6. The van der Waals surface area contributed by atoms with E-state index < -0.39 is 11.7 Å². The number of aromatic amines is 1. The van der Waals surface area contributed by atoms with Crippen molar-refractivity contribution >= 4 is 16.6 Å². The third-order valence-electron chi connectivity index (χ3n) is 4.24. The van der Waals surface area contributed by atoms with Crippen molar-refractivity contribution in [2.45, 2.75) is 33.0 Å². The van der Waals surface area contributed by atoms with Crippen molar-refractivity contribution in [2.24, 2.45) is 0 Å². The van der Waals surface area contributed by atoms with Gasteiger partial charge < -0.3 is 10.3 Å². The lowest BCUT2D eigenvalue weighted by molar-refractivity contribution is -0.137. The quantitative estimate of drug-likeness (QED) is 0.735. The number of hydrogen-bond acceptors (Lipinski definition) is 3. The summed E-state index contributed by atoms with van der Waals surface area (Å²) in [6, 6.07) is 6.65. The molecular weight excluding hydrogens is 345 g/mol. The molecule has 0 amide bonds. The van der Waals surface area contributed by atoms with E-state index in [0.717, 1.165) is 23.3 Å². The topological polar surface area (TPSA) is 62.7 Å². The van der Waals surface area contributed by atoms with Gasteiger partial charge >= 0.3 is 6.18 Å². The third-order valence-corrected chi connectivity index (χ3v) is 4.24. The fourth-order valence-corrected chi connectivity index (χ4v) is 2.93. The van der Waals surface area contributed by atoms with Gasteiger partial charge in [0.25, 0.3) is 5.56 Å². The largest absolute Gasteiger partial charge is 0.416 e. The maximum absolute atomic E-state index is 12.6. The van der Waals surface area contributed by atoms with Crippen LogP contribution < -0.4 is 10.9 Å². The summed E-state index contributed by atoms with van der Waals surface area (Å²) in [7, 11) is 0. The molecule has 0 bridgehead atoms. The number of benzene rings is 1. The van der Waals surface area contributed by atoms with Gasteiger partial charge in [-0.2, -0.15) is 18.3 Å². The van der Waals surface area contributed by atoms with Crippen LogP contribution in [0.4, 0.5) is 18.9 Å². The predicted molar refractivity (Wildman–Crippen MR) is 94.5 cm³/mol. The highest BCUT2D eigenvalue weighted by molar-refractivity contribution is 5.81. The molecule has 2 aromatic heterocycles. The van der Waals surface area contributed by atoms with Crippen LogP contribution in [0.15, 0.2) is 35.1 Å². The minimum absolute atomic E-state index is 0.102. The number of anilines is 1. The Labute approximate surface area is 147 Å². The molecular formula is C18H19F3N4O. The number of hydrogen-bond donors (Lipinski definition) is 2. The lowest BCUT2D eigenvalue weighted by atomic mass is 10.2. The minimum Gasteiger partial charge on any atom is -0.383 e. The van der Waals surface area contributed by atoms with E-state index in [9.17, 15) is 18.0 Å². The highest BCUT2D eigenvalue weighted by atomic mass is 19.4. The van der Waals surface area contributed by atoms with Gasteiger partial charge in [0.1, 0.15) is 0 Å². The molecule has 1 aromatic carbocycles. The molecule has 5 nitrogen and oxygen atoms in total. The molecule has 3 aromatic rings.